The van der Waals surface area contributed by atoms with E-state index in [1.54, 1.807) is 0 Å². The molecule has 14 heteroatoms. The van der Waals surface area contributed by atoms with E-state index in [4.69, 9.17) is 9.47 Å². The van der Waals surface area contributed by atoms with Gasteiger partial charge in [0.25, 0.3) is 0 Å². The van der Waals surface area contributed by atoms with Crippen LogP contribution in [0.3, 0.4) is 0 Å². The number of rotatable bonds is 17. The highest BCUT2D eigenvalue weighted by Crippen LogP contribution is 2.23. The number of hydrogen-bond donors (Lipinski definition) is 6. The van der Waals surface area contributed by atoms with Crippen LogP contribution < -0.4 is 0 Å². The van der Waals surface area contributed by atoms with E-state index in [0.29, 0.717) is 12.8 Å². The van der Waals surface area contributed by atoms with Crippen LogP contribution in [-0.4, -0.2) is 92.1 Å². The number of unbranched alkanes of at least 4 members (excludes halogenated alkanes) is 7. The molecule has 0 spiro atoms. The molecule has 4 atom stereocenters. The molecular formula is C24H34O14. The first-order valence-corrected chi connectivity index (χ1v) is 12.4. The molecule has 0 aromatic carbocycles. The van der Waals surface area contributed by atoms with Crippen molar-refractivity contribution in [3.05, 3.63) is 23.0 Å². The molecule has 214 valence electrons. The average Bonchev–Trinajstić information content (AvgIpc) is 3.30. The SMILES string of the molecule is O=C(CCCCCCCCCCC(=O)OC[C@@H](O)[C@H]1OC(=O)C(O)=C1O)OC[C@@H](O)[C@H]1OC(=O)C(O)=C1O. The molecule has 0 unspecified atom stereocenters. The van der Waals surface area contributed by atoms with E-state index < -0.39 is 84.5 Å². The smallest absolute Gasteiger partial charge is 0.377 e. The Morgan fingerprint density at radius 1 is 0.632 bits per heavy atom. The van der Waals surface area contributed by atoms with Crippen molar-refractivity contribution in [2.45, 2.75) is 88.6 Å². The molecule has 14 nitrogen and oxygen atoms in total. The lowest BCUT2D eigenvalue weighted by atomic mass is 10.1. The lowest BCUT2D eigenvalue weighted by molar-refractivity contribution is -0.156. The third-order valence-corrected chi connectivity index (χ3v) is 5.92. The van der Waals surface area contributed by atoms with Gasteiger partial charge in [-0.1, -0.05) is 38.5 Å². The van der Waals surface area contributed by atoms with Crippen molar-refractivity contribution < 1.29 is 68.8 Å². The van der Waals surface area contributed by atoms with Gasteiger partial charge in [0, 0.05) is 12.8 Å². The Kier molecular flexibility index (Phi) is 12.1. The summed E-state index contributed by atoms with van der Waals surface area (Å²) in [6.07, 6.45) is 0.785. The Hall–Kier alpha value is -3.52. The summed E-state index contributed by atoms with van der Waals surface area (Å²) in [5.41, 5.74) is 0. The third-order valence-electron chi connectivity index (χ3n) is 5.92. The van der Waals surface area contributed by atoms with Gasteiger partial charge in [0.15, 0.2) is 23.7 Å². The fraction of sp³-hybridized carbons (Fsp3) is 0.667. The first-order chi connectivity index (χ1) is 18.0. The van der Waals surface area contributed by atoms with Crippen LogP contribution in [0.2, 0.25) is 0 Å². The van der Waals surface area contributed by atoms with Gasteiger partial charge in [0.05, 0.1) is 0 Å². The van der Waals surface area contributed by atoms with E-state index in [1.165, 1.54) is 0 Å². The van der Waals surface area contributed by atoms with Gasteiger partial charge in [-0.3, -0.25) is 9.59 Å². The molecular weight excluding hydrogens is 512 g/mol. The Labute approximate surface area is 218 Å². The lowest BCUT2D eigenvalue weighted by Gasteiger charge is -2.17. The number of carbonyl (C=O) groups excluding carboxylic acids is 4. The van der Waals surface area contributed by atoms with Gasteiger partial charge in [-0.25, -0.2) is 9.59 Å². The van der Waals surface area contributed by atoms with Crippen molar-refractivity contribution in [1.82, 2.24) is 0 Å². The number of aliphatic hydroxyl groups is 6. The number of aliphatic hydroxyl groups excluding tert-OH is 6. The quantitative estimate of drug-likeness (QED) is 0.0856. The Bertz CT molecular complexity index is 849. The van der Waals surface area contributed by atoms with Crippen molar-refractivity contribution in [2.24, 2.45) is 0 Å². The average molecular weight is 547 g/mol. The summed E-state index contributed by atoms with van der Waals surface area (Å²) in [7, 11) is 0. The minimum atomic E-state index is -1.50. The first kappa shape index (κ1) is 30.7. The zero-order valence-corrected chi connectivity index (χ0v) is 20.7. The molecule has 0 saturated carbocycles. The monoisotopic (exact) mass is 546 g/mol. The van der Waals surface area contributed by atoms with Gasteiger partial charge < -0.3 is 49.6 Å². The minimum Gasteiger partial charge on any atom is -0.505 e. The molecule has 0 aliphatic carbocycles. The fourth-order valence-corrected chi connectivity index (χ4v) is 3.73. The largest absolute Gasteiger partial charge is 0.505 e. The molecule has 2 heterocycles. The summed E-state index contributed by atoms with van der Waals surface area (Å²) in [5.74, 6) is -6.97. The highest BCUT2D eigenvalue weighted by molar-refractivity contribution is 5.89. The number of carbonyl (C=O) groups is 4. The Morgan fingerprint density at radius 3 is 1.24 bits per heavy atom. The topological polar surface area (TPSA) is 227 Å². The lowest BCUT2D eigenvalue weighted by Crippen LogP contribution is -2.33. The molecule has 0 fully saturated rings. The highest BCUT2D eigenvalue weighted by Gasteiger charge is 2.40. The molecule has 0 saturated heterocycles. The summed E-state index contributed by atoms with van der Waals surface area (Å²) in [4.78, 5) is 45.8. The van der Waals surface area contributed by atoms with Gasteiger partial charge >= 0.3 is 23.9 Å². The molecule has 0 amide bonds. The summed E-state index contributed by atoms with van der Waals surface area (Å²) in [5, 5.41) is 57.1. The highest BCUT2D eigenvalue weighted by atomic mass is 16.6. The van der Waals surface area contributed by atoms with Gasteiger partial charge in [-0.2, -0.15) is 0 Å². The molecule has 0 aromatic heterocycles. The Balaban J connectivity index is 1.41. The summed E-state index contributed by atoms with van der Waals surface area (Å²) < 4.78 is 19.0. The van der Waals surface area contributed by atoms with Crippen LogP contribution in [0.1, 0.15) is 64.2 Å². The van der Waals surface area contributed by atoms with Gasteiger partial charge in [-0.05, 0) is 12.8 Å². The Morgan fingerprint density at radius 2 is 0.947 bits per heavy atom. The van der Waals surface area contributed by atoms with Crippen molar-refractivity contribution >= 4 is 23.9 Å². The van der Waals surface area contributed by atoms with E-state index >= 15 is 0 Å². The predicted molar refractivity (Wildman–Crippen MR) is 124 cm³/mol. The zero-order chi connectivity index (χ0) is 28.2. The van der Waals surface area contributed by atoms with Gasteiger partial charge in [0.1, 0.15) is 25.4 Å². The molecule has 2 aliphatic rings. The zero-order valence-electron chi connectivity index (χ0n) is 20.7. The maximum atomic E-state index is 11.8. The molecule has 0 bridgehead atoms. The third kappa shape index (κ3) is 9.10. The maximum Gasteiger partial charge on any atom is 0.377 e. The predicted octanol–water partition coefficient (Wildman–Crippen LogP) is 1.20. The molecule has 6 N–H and O–H groups in total. The standard InChI is InChI=1S/C24H34O14/c25-13(21-17(29)19(31)23(33)37-21)11-35-15(27)9-7-5-3-1-2-4-6-8-10-16(28)36-12-14(26)22-18(30)20(32)24(34)38-22/h13-14,21-22,25-26,29-32H,1-12H2/t13-,14-,21-,22-/m1/s1. The van der Waals surface area contributed by atoms with Crippen LogP contribution in [0.4, 0.5) is 0 Å². The van der Waals surface area contributed by atoms with Crippen molar-refractivity contribution in [2.75, 3.05) is 13.2 Å². The van der Waals surface area contributed by atoms with Crippen LogP contribution in [0.25, 0.3) is 0 Å². The van der Waals surface area contributed by atoms with Crippen LogP contribution in [0.5, 0.6) is 0 Å². The van der Waals surface area contributed by atoms with Gasteiger partial charge in [0.2, 0.25) is 11.5 Å². The number of ether oxygens (including phenoxy) is 4. The number of esters is 4. The molecule has 2 aliphatic heterocycles. The van der Waals surface area contributed by atoms with E-state index in [1.807, 2.05) is 0 Å². The van der Waals surface area contributed by atoms with Crippen LogP contribution in [0, 0.1) is 0 Å². The molecule has 2 rings (SSSR count). The second-order valence-electron chi connectivity index (χ2n) is 8.95. The van der Waals surface area contributed by atoms with Gasteiger partial charge in [-0.15, -0.1) is 0 Å². The second kappa shape index (κ2) is 15.0. The molecule has 38 heavy (non-hydrogen) atoms. The maximum absolute atomic E-state index is 11.8. The first-order valence-electron chi connectivity index (χ1n) is 12.4. The van der Waals surface area contributed by atoms with E-state index in [-0.39, 0.29) is 12.8 Å². The van der Waals surface area contributed by atoms with Crippen LogP contribution in [0.15, 0.2) is 23.0 Å². The molecule has 0 aromatic rings. The second-order valence-corrected chi connectivity index (χ2v) is 8.95. The normalized spacial score (nSPS) is 20.8. The van der Waals surface area contributed by atoms with Crippen LogP contribution >= 0.6 is 0 Å². The van der Waals surface area contributed by atoms with E-state index in [2.05, 4.69) is 9.47 Å². The van der Waals surface area contributed by atoms with Crippen LogP contribution in [-0.2, 0) is 38.1 Å². The van der Waals surface area contributed by atoms with E-state index in [0.717, 1.165) is 38.5 Å². The number of cyclic esters (lactones) is 2. The van der Waals surface area contributed by atoms with E-state index in [9.17, 15) is 49.8 Å². The molecule has 0 radical (unpaired) electrons. The fourth-order valence-electron chi connectivity index (χ4n) is 3.73. The van der Waals surface area contributed by atoms with Crippen molar-refractivity contribution in [3.8, 4) is 0 Å². The summed E-state index contributed by atoms with van der Waals surface area (Å²) in [6, 6.07) is 0. The summed E-state index contributed by atoms with van der Waals surface area (Å²) >= 11 is 0. The van der Waals surface area contributed by atoms with Crippen molar-refractivity contribution in [1.29, 1.82) is 0 Å². The number of hydrogen-bond acceptors (Lipinski definition) is 14. The van der Waals surface area contributed by atoms with Crippen molar-refractivity contribution in [3.63, 3.8) is 0 Å². The minimum absolute atomic E-state index is 0.140. The summed E-state index contributed by atoms with van der Waals surface area (Å²) in [6.45, 7) is -0.993.